The molecule has 0 heterocycles. The lowest BCUT2D eigenvalue weighted by Crippen LogP contribution is -2.27. The molecule has 0 bridgehead atoms. The molecule has 5 rings (SSSR count). The van der Waals surface area contributed by atoms with E-state index >= 15 is 0 Å². The lowest BCUT2D eigenvalue weighted by molar-refractivity contribution is 0.106. The van der Waals surface area contributed by atoms with Crippen molar-refractivity contribution in [3.05, 3.63) is 107 Å². The highest BCUT2D eigenvalue weighted by molar-refractivity contribution is 7.91. The van der Waals surface area contributed by atoms with E-state index in [-0.39, 0.29) is 27.5 Å². The number of methoxy groups -OCH3 is 1. The molecule has 1 aliphatic rings. The maximum atomic E-state index is 13.4. The van der Waals surface area contributed by atoms with E-state index in [4.69, 9.17) is 9.29 Å². The largest absolute Gasteiger partial charge is 0.494 e. The first-order valence-corrected chi connectivity index (χ1v) is 15.9. The highest BCUT2D eigenvalue weighted by atomic mass is 32.2. The minimum atomic E-state index is -4.86. The van der Waals surface area contributed by atoms with Crippen molar-refractivity contribution in [1.29, 1.82) is 0 Å². The number of carbonyl (C=O) groups excluding carboxylic acids is 1. The van der Waals surface area contributed by atoms with Crippen LogP contribution in [0.25, 0.3) is 6.08 Å². The number of carbonyl (C=O) groups is 1. The monoisotopic (exact) mass is 647 g/mol. The van der Waals surface area contributed by atoms with Gasteiger partial charge in [0.25, 0.3) is 20.2 Å². The third kappa shape index (κ3) is 7.13. The first kappa shape index (κ1) is 31.2. The summed E-state index contributed by atoms with van der Waals surface area (Å²) in [6.45, 7) is 1.71. The number of Topliss-reactive ketones (excluding diaryl/α,β-unsaturated/α-hetero) is 1. The molecule has 4 N–H and O–H groups in total. The second kappa shape index (κ2) is 12.4. The van der Waals surface area contributed by atoms with Gasteiger partial charge in [-0.05, 0) is 84.8 Å². The normalized spacial score (nSPS) is 14.3. The third-order valence-electron chi connectivity index (χ3n) is 6.59. The van der Waals surface area contributed by atoms with Gasteiger partial charge in [-0.1, -0.05) is 18.2 Å². The number of hydrogen-bond acceptors (Lipinski definition) is 11. The van der Waals surface area contributed by atoms with Crippen LogP contribution in [0.1, 0.15) is 21.5 Å². The Hall–Kier alpha value is -5.22. The fraction of sp³-hybridized carbons (Fsp3) is 0.0667. The van der Waals surface area contributed by atoms with Gasteiger partial charge in [0.15, 0.2) is 5.71 Å². The van der Waals surface area contributed by atoms with Crippen LogP contribution in [0.3, 0.4) is 0 Å². The Labute approximate surface area is 258 Å². The minimum Gasteiger partial charge on any atom is -0.494 e. The summed E-state index contributed by atoms with van der Waals surface area (Å²) >= 11 is 0. The van der Waals surface area contributed by atoms with Gasteiger partial charge in [-0.3, -0.25) is 19.3 Å². The summed E-state index contributed by atoms with van der Waals surface area (Å²) in [5, 5.41) is 15.5. The molecule has 45 heavy (non-hydrogen) atoms. The molecule has 0 saturated carbocycles. The van der Waals surface area contributed by atoms with Gasteiger partial charge < -0.3 is 10.1 Å². The molecule has 15 heteroatoms. The van der Waals surface area contributed by atoms with Crippen LogP contribution in [-0.2, 0) is 20.2 Å². The van der Waals surface area contributed by atoms with Gasteiger partial charge in [-0.2, -0.15) is 32.2 Å². The number of ketones is 1. The first-order valence-electron chi connectivity index (χ1n) is 13.1. The molecular weight excluding hydrogens is 622 g/mol. The number of fused-ring (bicyclic) bond motifs is 1. The Morgan fingerprint density at radius 2 is 1.51 bits per heavy atom. The summed E-state index contributed by atoms with van der Waals surface area (Å²) in [4.78, 5) is 12.5. The average Bonchev–Trinajstić information content (AvgIpc) is 2.99. The quantitative estimate of drug-likeness (QED) is 0.0908. The maximum absolute atomic E-state index is 13.4. The molecule has 13 nitrogen and oxygen atoms in total. The molecular formula is C30H25N5O8S2. The number of ether oxygens (including phenoxy) is 1. The smallest absolute Gasteiger partial charge is 0.296 e. The van der Waals surface area contributed by atoms with E-state index in [0.29, 0.717) is 22.6 Å². The summed E-state index contributed by atoms with van der Waals surface area (Å²) < 4.78 is 71.7. The number of benzene rings is 4. The molecule has 0 aliphatic heterocycles. The summed E-state index contributed by atoms with van der Waals surface area (Å²) in [5.74, 6) is -0.502. The highest BCUT2D eigenvalue weighted by Gasteiger charge is 2.33. The van der Waals surface area contributed by atoms with Gasteiger partial charge in [0, 0.05) is 23.0 Å². The van der Waals surface area contributed by atoms with Crippen LogP contribution in [0.15, 0.2) is 110 Å². The van der Waals surface area contributed by atoms with E-state index < -0.39 is 36.6 Å². The van der Waals surface area contributed by atoms with E-state index in [2.05, 4.69) is 26.1 Å². The zero-order valence-electron chi connectivity index (χ0n) is 23.7. The number of hydrazone groups is 1. The molecule has 4 aromatic carbocycles. The Kier molecular flexibility index (Phi) is 8.61. The second-order valence-electron chi connectivity index (χ2n) is 9.69. The minimum absolute atomic E-state index is 0.185. The van der Waals surface area contributed by atoms with Crippen molar-refractivity contribution < 1.29 is 35.5 Å². The third-order valence-corrected chi connectivity index (χ3v) is 8.32. The van der Waals surface area contributed by atoms with Crippen LogP contribution >= 0.6 is 0 Å². The Balaban J connectivity index is 1.43. The number of rotatable bonds is 9. The molecule has 0 unspecified atom stereocenters. The van der Waals surface area contributed by atoms with Crippen molar-refractivity contribution in [2.75, 3.05) is 17.9 Å². The van der Waals surface area contributed by atoms with Crippen molar-refractivity contribution in [2.24, 2.45) is 15.3 Å². The fourth-order valence-corrected chi connectivity index (χ4v) is 5.50. The van der Waals surface area contributed by atoms with Crippen LogP contribution in [0, 0.1) is 6.92 Å². The molecule has 0 aromatic heterocycles. The van der Waals surface area contributed by atoms with Gasteiger partial charge in [0.1, 0.15) is 10.7 Å². The number of nitrogens with zero attached hydrogens (tertiary/aromatic N) is 3. The van der Waals surface area contributed by atoms with Crippen LogP contribution < -0.4 is 15.5 Å². The van der Waals surface area contributed by atoms with Crippen LogP contribution in [0.2, 0.25) is 0 Å². The van der Waals surface area contributed by atoms with Gasteiger partial charge in [0.05, 0.1) is 29.1 Å². The van der Waals surface area contributed by atoms with Gasteiger partial charge in [-0.25, -0.2) is 0 Å². The summed E-state index contributed by atoms with van der Waals surface area (Å²) in [6.07, 6.45) is 1.18. The topological polar surface area (TPSA) is 196 Å². The van der Waals surface area contributed by atoms with Gasteiger partial charge >= 0.3 is 0 Å². The van der Waals surface area contributed by atoms with Crippen molar-refractivity contribution in [2.45, 2.75) is 11.8 Å². The molecule has 0 amide bonds. The number of aryl methyl sites for hydroxylation is 1. The lowest BCUT2D eigenvalue weighted by atomic mass is 9.94. The highest BCUT2D eigenvalue weighted by Crippen LogP contribution is 2.35. The fourth-order valence-electron chi connectivity index (χ4n) is 4.36. The number of anilines is 3. The summed E-state index contributed by atoms with van der Waals surface area (Å²) in [6, 6.07) is 22.3. The van der Waals surface area contributed by atoms with Gasteiger partial charge in [0.2, 0.25) is 5.78 Å². The number of allylic oxidation sites excluding steroid dienone is 1. The average molecular weight is 648 g/mol. The summed E-state index contributed by atoms with van der Waals surface area (Å²) in [5.41, 5.74) is 5.54. The SMILES string of the molecule is COc1cc(/N=N/c2ccc(S(=O)(=O)O)cc2)c(C)cc1N/N=C1\C(=O)c2ccc(Nc3ccccc3)cc2C=C1S(=O)(=O)O. The summed E-state index contributed by atoms with van der Waals surface area (Å²) in [7, 11) is -7.82. The van der Waals surface area contributed by atoms with Crippen LogP contribution in [-0.4, -0.2) is 44.5 Å². The van der Waals surface area contributed by atoms with Crippen LogP contribution in [0.4, 0.5) is 28.4 Å². The van der Waals surface area contributed by atoms with Crippen molar-refractivity contribution in [3.63, 3.8) is 0 Å². The molecule has 0 radical (unpaired) electrons. The number of hydrogen-bond donors (Lipinski definition) is 4. The van der Waals surface area contributed by atoms with E-state index in [1.165, 1.54) is 49.6 Å². The second-order valence-corrected chi connectivity index (χ2v) is 12.5. The Morgan fingerprint density at radius 3 is 2.16 bits per heavy atom. The van der Waals surface area contributed by atoms with E-state index in [0.717, 1.165) is 5.69 Å². The molecule has 0 atom stereocenters. The lowest BCUT2D eigenvalue weighted by Gasteiger charge is -2.18. The molecule has 0 fully saturated rings. The maximum Gasteiger partial charge on any atom is 0.296 e. The molecule has 4 aromatic rings. The van der Waals surface area contributed by atoms with E-state index in [1.807, 2.05) is 30.3 Å². The van der Waals surface area contributed by atoms with E-state index in [1.54, 1.807) is 25.1 Å². The first-order chi connectivity index (χ1) is 21.3. The predicted octanol–water partition coefficient (Wildman–Crippen LogP) is 6.30. The Bertz CT molecular complexity index is 2110. The van der Waals surface area contributed by atoms with E-state index in [9.17, 15) is 26.2 Å². The predicted molar refractivity (Wildman–Crippen MR) is 169 cm³/mol. The zero-order valence-corrected chi connectivity index (χ0v) is 25.3. The van der Waals surface area contributed by atoms with Crippen molar-refractivity contribution in [3.8, 4) is 5.75 Å². The van der Waals surface area contributed by atoms with Crippen LogP contribution in [0.5, 0.6) is 5.75 Å². The molecule has 1 aliphatic carbocycles. The molecule has 230 valence electrons. The Morgan fingerprint density at radius 1 is 0.800 bits per heavy atom. The number of nitrogens with one attached hydrogen (secondary N) is 2. The number of azo groups is 1. The number of para-hydroxylation sites is 1. The molecule has 0 spiro atoms. The standard InChI is InChI=1S/C30H25N5O8S2/c1-18-14-26(27(43-2)17-25(18)33-32-21-8-11-23(12-9-21)44(37,38)39)34-35-29-28(45(40,41)42)16-19-15-22(10-13-24(19)30(29)36)31-20-6-4-3-5-7-20/h3-17,31,34H,1-2H3,(H,37,38,39)(H,40,41,42)/b33-32+,35-29-. The van der Waals surface area contributed by atoms with Crippen molar-refractivity contribution >= 4 is 66.2 Å². The molecule has 0 saturated heterocycles. The van der Waals surface area contributed by atoms with Gasteiger partial charge in [-0.15, -0.1) is 0 Å². The van der Waals surface area contributed by atoms with Crippen molar-refractivity contribution in [1.82, 2.24) is 0 Å². The zero-order chi connectivity index (χ0) is 32.4.